The van der Waals surface area contributed by atoms with Crippen molar-refractivity contribution < 1.29 is 19.3 Å². The van der Waals surface area contributed by atoms with E-state index in [-0.39, 0.29) is 16.4 Å². The van der Waals surface area contributed by atoms with Crippen molar-refractivity contribution >= 4 is 46.9 Å². The van der Waals surface area contributed by atoms with Crippen LogP contribution in [0.1, 0.15) is 11.1 Å². The van der Waals surface area contributed by atoms with Gasteiger partial charge in [0.15, 0.2) is 0 Å². The Labute approximate surface area is 170 Å². The number of anilines is 1. The molecule has 0 aliphatic carbocycles. The third kappa shape index (κ3) is 4.58. The molecule has 0 bridgehead atoms. The molecular weight excluding hydrogens is 400 g/mol. The Kier molecular flexibility index (Phi) is 5.60. The number of urea groups is 1. The zero-order valence-corrected chi connectivity index (χ0v) is 15.9. The van der Waals surface area contributed by atoms with Crippen LogP contribution in [0.4, 0.5) is 16.2 Å². The predicted molar refractivity (Wildman–Crippen MR) is 106 cm³/mol. The molecule has 0 unspecified atom stereocenters. The number of nitrogens with zero attached hydrogens (tertiary/aromatic N) is 2. The van der Waals surface area contributed by atoms with Crippen LogP contribution in [0.25, 0.3) is 6.08 Å². The van der Waals surface area contributed by atoms with Gasteiger partial charge in [0.1, 0.15) is 17.3 Å². The number of nitro groups is 1. The Morgan fingerprint density at radius 2 is 1.93 bits per heavy atom. The normalized spacial score (nSPS) is 14.8. The Balaban J connectivity index is 1.73. The average molecular weight is 415 g/mol. The lowest BCUT2D eigenvalue weighted by atomic mass is 10.1. The summed E-state index contributed by atoms with van der Waals surface area (Å²) in [6, 6.07) is 10.3. The van der Waals surface area contributed by atoms with E-state index in [0.717, 1.165) is 10.5 Å². The summed E-state index contributed by atoms with van der Waals surface area (Å²) in [6.07, 6.45) is 1.28. The van der Waals surface area contributed by atoms with Gasteiger partial charge in [-0.1, -0.05) is 35.4 Å². The molecular formula is C19H15ClN4O5. The first-order chi connectivity index (χ1) is 13.7. The minimum absolute atomic E-state index is 0.0478. The first kappa shape index (κ1) is 20.0. The summed E-state index contributed by atoms with van der Waals surface area (Å²) in [5, 5.41) is 15.9. The van der Waals surface area contributed by atoms with Gasteiger partial charge in [-0.3, -0.25) is 19.7 Å². The molecule has 4 amide bonds. The number of nitrogens with one attached hydrogen (secondary N) is 2. The van der Waals surface area contributed by atoms with Crippen molar-refractivity contribution in [2.75, 3.05) is 11.9 Å². The number of carbonyl (C=O) groups excluding carboxylic acids is 3. The molecule has 2 N–H and O–H groups in total. The number of imide groups is 1. The highest BCUT2D eigenvalue weighted by Crippen LogP contribution is 2.26. The fourth-order valence-corrected chi connectivity index (χ4v) is 2.81. The van der Waals surface area contributed by atoms with Crippen LogP contribution in [0, 0.1) is 17.0 Å². The molecule has 1 aliphatic heterocycles. The molecule has 3 rings (SSSR count). The van der Waals surface area contributed by atoms with Crippen LogP contribution in [0.15, 0.2) is 48.2 Å². The van der Waals surface area contributed by atoms with E-state index >= 15 is 0 Å². The van der Waals surface area contributed by atoms with Gasteiger partial charge in [0, 0.05) is 11.8 Å². The van der Waals surface area contributed by atoms with E-state index in [0.29, 0.717) is 11.3 Å². The summed E-state index contributed by atoms with van der Waals surface area (Å²) in [5.41, 5.74) is 1.43. The fraction of sp³-hybridized carbons (Fsp3) is 0.105. The van der Waals surface area contributed by atoms with E-state index in [4.69, 9.17) is 11.6 Å². The maximum Gasteiger partial charge on any atom is 0.329 e. The van der Waals surface area contributed by atoms with Crippen LogP contribution in [0.3, 0.4) is 0 Å². The van der Waals surface area contributed by atoms with Crippen LogP contribution < -0.4 is 10.6 Å². The van der Waals surface area contributed by atoms with Gasteiger partial charge in [-0.05, 0) is 36.8 Å². The van der Waals surface area contributed by atoms with Gasteiger partial charge < -0.3 is 10.6 Å². The van der Waals surface area contributed by atoms with Crippen LogP contribution >= 0.6 is 11.6 Å². The second kappa shape index (κ2) is 8.11. The maximum atomic E-state index is 12.5. The molecule has 0 aromatic heterocycles. The number of hydrogen-bond acceptors (Lipinski definition) is 5. The van der Waals surface area contributed by atoms with E-state index in [2.05, 4.69) is 10.6 Å². The van der Waals surface area contributed by atoms with E-state index in [9.17, 15) is 24.5 Å². The lowest BCUT2D eigenvalue weighted by Gasteiger charge is -2.12. The van der Waals surface area contributed by atoms with Gasteiger partial charge in [-0.15, -0.1) is 0 Å². The van der Waals surface area contributed by atoms with Gasteiger partial charge in [-0.2, -0.15) is 0 Å². The predicted octanol–water partition coefficient (Wildman–Crippen LogP) is 3.09. The first-order valence-electron chi connectivity index (χ1n) is 8.39. The monoisotopic (exact) mass is 414 g/mol. The fourth-order valence-electron chi connectivity index (χ4n) is 2.62. The zero-order valence-electron chi connectivity index (χ0n) is 15.1. The van der Waals surface area contributed by atoms with Gasteiger partial charge in [0.2, 0.25) is 5.91 Å². The molecule has 2 aromatic rings. The second-order valence-corrected chi connectivity index (χ2v) is 6.67. The van der Waals surface area contributed by atoms with Crippen LogP contribution in [-0.4, -0.2) is 34.2 Å². The van der Waals surface area contributed by atoms with Crippen molar-refractivity contribution in [3.05, 3.63) is 74.4 Å². The molecule has 1 aliphatic rings. The molecule has 0 atom stereocenters. The summed E-state index contributed by atoms with van der Waals surface area (Å²) in [4.78, 5) is 47.8. The Bertz CT molecular complexity index is 1050. The molecule has 0 saturated carbocycles. The molecule has 148 valence electrons. The quantitative estimate of drug-likeness (QED) is 0.337. The molecule has 0 spiro atoms. The minimum atomic E-state index is -0.760. The number of carbonyl (C=O) groups is 3. The standard InChI is InChI=1S/C19H15ClN4O5/c1-11-2-5-13(6-3-11)21-17(25)10-23-18(26)15(22-19(23)27)8-12-4-7-14(20)16(9-12)24(28)29/h2-9H,10H2,1H3,(H,21,25)(H,22,27)/b15-8+. The highest BCUT2D eigenvalue weighted by atomic mass is 35.5. The molecule has 1 fully saturated rings. The maximum absolute atomic E-state index is 12.5. The summed E-state index contributed by atoms with van der Waals surface area (Å²) in [6.45, 7) is 1.43. The van der Waals surface area contributed by atoms with Crippen LogP contribution in [-0.2, 0) is 9.59 Å². The van der Waals surface area contributed by atoms with Crippen molar-refractivity contribution in [1.82, 2.24) is 10.2 Å². The first-order valence-corrected chi connectivity index (χ1v) is 8.77. The van der Waals surface area contributed by atoms with Crippen LogP contribution in [0.5, 0.6) is 0 Å². The average Bonchev–Trinajstić information content (AvgIpc) is 2.92. The van der Waals surface area contributed by atoms with Crippen molar-refractivity contribution in [2.24, 2.45) is 0 Å². The van der Waals surface area contributed by atoms with Crippen molar-refractivity contribution in [1.29, 1.82) is 0 Å². The van der Waals surface area contributed by atoms with E-state index in [1.54, 1.807) is 12.1 Å². The molecule has 0 radical (unpaired) electrons. The highest BCUT2D eigenvalue weighted by molar-refractivity contribution is 6.32. The SMILES string of the molecule is Cc1ccc(NC(=O)CN2C(=O)N/C(=C/c3ccc(Cl)c([N+](=O)[O-])c3)C2=O)cc1. The second-order valence-electron chi connectivity index (χ2n) is 6.26. The lowest BCUT2D eigenvalue weighted by molar-refractivity contribution is -0.384. The third-order valence-electron chi connectivity index (χ3n) is 4.08. The Hall–Kier alpha value is -3.72. The number of rotatable bonds is 5. The lowest BCUT2D eigenvalue weighted by Crippen LogP contribution is -2.38. The van der Waals surface area contributed by atoms with Gasteiger partial charge in [0.25, 0.3) is 11.6 Å². The van der Waals surface area contributed by atoms with Gasteiger partial charge in [0.05, 0.1) is 4.92 Å². The van der Waals surface area contributed by atoms with E-state index in [1.165, 1.54) is 24.3 Å². The Morgan fingerprint density at radius 1 is 1.24 bits per heavy atom. The van der Waals surface area contributed by atoms with Gasteiger partial charge >= 0.3 is 6.03 Å². The summed E-state index contributed by atoms with van der Waals surface area (Å²) in [7, 11) is 0. The number of hydrogen-bond donors (Lipinski definition) is 2. The number of halogens is 1. The molecule has 1 heterocycles. The molecule has 2 aromatic carbocycles. The largest absolute Gasteiger partial charge is 0.329 e. The summed E-state index contributed by atoms with van der Waals surface area (Å²) >= 11 is 5.76. The number of amides is 4. The number of aryl methyl sites for hydroxylation is 1. The minimum Gasteiger partial charge on any atom is -0.325 e. The summed E-state index contributed by atoms with van der Waals surface area (Å²) in [5.74, 6) is -1.26. The Morgan fingerprint density at radius 3 is 2.59 bits per heavy atom. The topological polar surface area (TPSA) is 122 Å². The van der Waals surface area contributed by atoms with Crippen molar-refractivity contribution in [3.8, 4) is 0 Å². The molecule has 1 saturated heterocycles. The van der Waals surface area contributed by atoms with E-state index in [1.807, 2.05) is 19.1 Å². The molecule has 10 heteroatoms. The zero-order chi connectivity index (χ0) is 21.1. The highest BCUT2D eigenvalue weighted by Gasteiger charge is 2.35. The number of benzene rings is 2. The van der Waals surface area contributed by atoms with Crippen molar-refractivity contribution in [3.63, 3.8) is 0 Å². The third-order valence-corrected chi connectivity index (χ3v) is 4.40. The molecule has 9 nitrogen and oxygen atoms in total. The van der Waals surface area contributed by atoms with Gasteiger partial charge in [-0.25, -0.2) is 9.69 Å². The number of nitro benzene ring substituents is 1. The smallest absolute Gasteiger partial charge is 0.325 e. The van der Waals surface area contributed by atoms with Crippen molar-refractivity contribution in [2.45, 2.75) is 6.92 Å². The summed E-state index contributed by atoms with van der Waals surface area (Å²) < 4.78 is 0. The molecule has 29 heavy (non-hydrogen) atoms. The van der Waals surface area contributed by atoms with E-state index < -0.39 is 29.3 Å². The van der Waals surface area contributed by atoms with Crippen LogP contribution in [0.2, 0.25) is 5.02 Å².